The van der Waals surface area contributed by atoms with Crippen molar-refractivity contribution in [2.75, 3.05) is 5.73 Å². The van der Waals surface area contributed by atoms with Crippen molar-refractivity contribution in [2.24, 2.45) is 11.7 Å². The van der Waals surface area contributed by atoms with E-state index in [1.54, 1.807) is 0 Å². The quantitative estimate of drug-likeness (QED) is 0.844. The molecule has 22 heavy (non-hydrogen) atoms. The highest BCUT2D eigenvalue weighted by Gasteiger charge is 2.33. The van der Waals surface area contributed by atoms with Crippen LogP contribution in [0.1, 0.15) is 40.5 Å². The monoisotopic (exact) mass is 320 g/mol. The van der Waals surface area contributed by atoms with Crippen LogP contribution in [0.2, 0.25) is 5.02 Å². The number of carbonyl (C=O) groups is 1. The number of benzene rings is 1. The van der Waals surface area contributed by atoms with Crippen molar-refractivity contribution in [3.05, 3.63) is 52.2 Å². The van der Waals surface area contributed by atoms with E-state index in [2.05, 4.69) is 9.97 Å². The Hall–Kier alpha value is -2.05. The third-order valence-corrected chi connectivity index (χ3v) is 4.06. The van der Waals surface area contributed by atoms with Crippen LogP contribution in [0.5, 0.6) is 0 Å². The van der Waals surface area contributed by atoms with Crippen LogP contribution >= 0.6 is 11.6 Å². The first-order valence-electron chi connectivity index (χ1n) is 6.84. The minimum absolute atomic E-state index is 0.0212. The average molecular weight is 321 g/mol. The summed E-state index contributed by atoms with van der Waals surface area (Å²) in [6.07, 6.45) is 4.37. The van der Waals surface area contributed by atoms with Gasteiger partial charge < -0.3 is 11.5 Å². The minimum Gasteiger partial charge on any atom is -0.382 e. The van der Waals surface area contributed by atoms with Crippen molar-refractivity contribution in [1.29, 1.82) is 0 Å². The fourth-order valence-electron chi connectivity index (χ4n) is 2.33. The minimum atomic E-state index is -0.685. The summed E-state index contributed by atoms with van der Waals surface area (Å²) >= 11 is 6.00. The largest absolute Gasteiger partial charge is 0.382 e. The van der Waals surface area contributed by atoms with Crippen LogP contribution in [-0.2, 0) is 0 Å². The molecule has 1 aliphatic rings. The molecule has 5 nitrogen and oxygen atoms in total. The van der Waals surface area contributed by atoms with Crippen molar-refractivity contribution in [3.8, 4) is 0 Å². The maximum atomic E-state index is 14.7. The van der Waals surface area contributed by atoms with E-state index in [0.717, 1.165) is 12.8 Å². The first kappa shape index (κ1) is 14.9. The summed E-state index contributed by atoms with van der Waals surface area (Å²) < 4.78 is 14.7. The smallest absolute Gasteiger partial charge is 0.217 e. The predicted molar refractivity (Wildman–Crippen MR) is 80.9 cm³/mol. The summed E-state index contributed by atoms with van der Waals surface area (Å²) in [4.78, 5) is 20.1. The molecule has 3 rings (SSSR count). The molecular formula is C15H14ClFN4O. The Morgan fingerprint density at radius 1 is 1.32 bits per heavy atom. The SMILES string of the molecule is Nc1cnc(C(=O)c2c(Cl)ccc(C(N)C3CC3)c2F)cn1. The number of nitrogens with zero attached hydrogens (tertiary/aromatic N) is 2. The highest BCUT2D eigenvalue weighted by molar-refractivity contribution is 6.34. The van der Waals surface area contributed by atoms with Gasteiger partial charge in [-0.2, -0.15) is 0 Å². The lowest BCUT2D eigenvalue weighted by Gasteiger charge is -2.15. The van der Waals surface area contributed by atoms with Gasteiger partial charge in [-0.25, -0.2) is 14.4 Å². The molecule has 0 spiro atoms. The number of rotatable bonds is 4. The second-order valence-electron chi connectivity index (χ2n) is 5.34. The molecule has 1 unspecified atom stereocenters. The molecule has 1 aromatic heterocycles. The summed E-state index contributed by atoms with van der Waals surface area (Å²) in [5, 5.41) is 0.0212. The molecule has 0 radical (unpaired) electrons. The molecule has 1 atom stereocenters. The lowest BCUT2D eigenvalue weighted by Crippen LogP contribution is -2.17. The molecule has 1 aromatic carbocycles. The van der Waals surface area contributed by atoms with Gasteiger partial charge in [0.25, 0.3) is 0 Å². The first-order chi connectivity index (χ1) is 10.5. The first-order valence-corrected chi connectivity index (χ1v) is 7.22. The summed E-state index contributed by atoms with van der Waals surface area (Å²) in [5.74, 6) is -0.891. The molecular weight excluding hydrogens is 307 g/mol. The van der Waals surface area contributed by atoms with Gasteiger partial charge in [0.05, 0.1) is 23.0 Å². The van der Waals surface area contributed by atoms with Gasteiger partial charge in [-0.15, -0.1) is 0 Å². The Kier molecular flexibility index (Phi) is 3.80. The fourth-order valence-corrected chi connectivity index (χ4v) is 2.56. The molecule has 1 saturated carbocycles. The molecule has 0 saturated heterocycles. The topological polar surface area (TPSA) is 94.9 Å². The standard InChI is InChI=1S/C15H14ClFN4O/c16-9-4-3-8(14(19)7-1-2-7)13(17)12(9)15(22)10-5-21-11(18)6-20-10/h3-7,14H,1-2,19H2,(H2,18,21). The Balaban J connectivity index is 2.03. The zero-order valence-corrected chi connectivity index (χ0v) is 12.3. The predicted octanol–water partition coefficient (Wildman–Crippen LogP) is 2.49. The van der Waals surface area contributed by atoms with Crippen LogP contribution in [0, 0.1) is 11.7 Å². The third kappa shape index (κ3) is 2.67. The molecule has 1 heterocycles. The normalized spacial score (nSPS) is 15.6. The number of ketones is 1. The van der Waals surface area contributed by atoms with Gasteiger partial charge in [-0.1, -0.05) is 17.7 Å². The van der Waals surface area contributed by atoms with Crippen LogP contribution < -0.4 is 11.5 Å². The molecule has 0 amide bonds. The number of nitrogens with two attached hydrogens (primary N) is 2. The molecule has 1 aliphatic carbocycles. The molecule has 0 aliphatic heterocycles. The van der Waals surface area contributed by atoms with Crippen molar-refractivity contribution in [1.82, 2.24) is 9.97 Å². The fraction of sp³-hybridized carbons (Fsp3) is 0.267. The van der Waals surface area contributed by atoms with Crippen LogP contribution in [0.15, 0.2) is 24.5 Å². The maximum Gasteiger partial charge on any atom is 0.217 e. The van der Waals surface area contributed by atoms with Crippen molar-refractivity contribution >= 4 is 23.2 Å². The summed E-state index contributed by atoms with van der Waals surface area (Å²) in [6, 6.07) is 2.59. The van der Waals surface area contributed by atoms with E-state index in [9.17, 15) is 9.18 Å². The molecule has 0 bridgehead atoms. The zero-order chi connectivity index (χ0) is 15.9. The second-order valence-corrected chi connectivity index (χ2v) is 5.75. The van der Waals surface area contributed by atoms with Gasteiger partial charge in [0.1, 0.15) is 17.3 Å². The van der Waals surface area contributed by atoms with E-state index in [-0.39, 0.29) is 28.0 Å². The molecule has 7 heteroatoms. The Labute approximate surface area is 131 Å². The maximum absolute atomic E-state index is 14.7. The number of nitrogen functional groups attached to an aromatic ring is 1. The van der Waals surface area contributed by atoms with Crippen LogP contribution in [0.3, 0.4) is 0 Å². The van der Waals surface area contributed by atoms with Gasteiger partial charge in [0.15, 0.2) is 0 Å². The van der Waals surface area contributed by atoms with E-state index in [1.807, 2.05) is 0 Å². The number of carbonyl (C=O) groups excluding carboxylic acids is 1. The highest BCUT2D eigenvalue weighted by atomic mass is 35.5. The van der Waals surface area contributed by atoms with Gasteiger partial charge in [-0.3, -0.25) is 4.79 Å². The van der Waals surface area contributed by atoms with Crippen LogP contribution in [-0.4, -0.2) is 15.8 Å². The van der Waals surface area contributed by atoms with E-state index >= 15 is 0 Å². The van der Waals surface area contributed by atoms with E-state index < -0.39 is 17.6 Å². The third-order valence-electron chi connectivity index (χ3n) is 3.74. The number of halogens is 2. The van der Waals surface area contributed by atoms with E-state index in [1.165, 1.54) is 24.5 Å². The molecule has 4 N–H and O–H groups in total. The van der Waals surface area contributed by atoms with Gasteiger partial charge in [-0.05, 0) is 24.8 Å². The number of anilines is 1. The molecule has 2 aromatic rings. The van der Waals surface area contributed by atoms with Gasteiger partial charge in [0, 0.05) is 11.6 Å². The van der Waals surface area contributed by atoms with E-state index in [4.69, 9.17) is 23.1 Å². The Morgan fingerprint density at radius 2 is 2.05 bits per heavy atom. The second kappa shape index (κ2) is 5.62. The Bertz CT molecular complexity index is 731. The van der Waals surface area contributed by atoms with Gasteiger partial charge in [0.2, 0.25) is 5.78 Å². The average Bonchev–Trinajstić information content (AvgIpc) is 3.32. The Morgan fingerprint density at radius 3 is 2.64 bits per heavy atom. The molecule has 114 valence electrons. The molecule has 1 fully saturated rings. The zero-order valence-electron chi connectivity index (χ0n) is 11.6. The number of hydrogen-bond acceptors (Lipinski definition) is 5. The highest BCUT2D eigenvalue weighted by Crippen LogP contribution is 2.41. The summed E-state index contributed by atoms with van der Waals surface area (Å²) in [5.41, 5.74) is 11.5. The van der Waals surface area contributed by atoms with Crippen molar-refractivity contribution in [3.63, 3.8) is 0 Å². The van der Waals surface area contributed by atoms with Crippen molar-refractivity contribution in [2.45, 2.75) is 18.9 Å². The lowest BCUT2D eigenvalue weighted by molar-refractivity contribution is 0.103. The lowest BCUT2D eigenvalue weighted by atomic mass is 9.97. The van der Waals surface area contributed by atoms with Crippen LogP contribution in [0.25, 0.3) is 0 Å². The van der Waals surface area contributed by atoms with E-state index in [0.29, 0.717) is 5.56 Å². The number of hydrogen-bond donors (Lipinski definition) is 2. The van der Waals surface area contributed by atoms with Crippen LogP contribution in [0.4, 0.5) is 10.2 Å². The summed E-state index contributed by atoms with van der Waals surface area (Å²) in [7, 11) is 0. The number of aromatic nitrogens is 2. The van der Waals surface area contributed by atoms with Crippen molar-refractivity contribution < 1.29 is 9.18 Å². The summed E-state index contributed by atoms with van der Waals surface area (Å²) in [6.45, 7) is 0. The van der Waals surface area contributed by atoms with Gasteiger partial charge >= 0.3 is 0 Å².